The highest BCUT2D eigenvalue weighted by Crippen LogP contribution is 2.69. The maximum absolute atomic E-state index is 14.5. The molecule has 2 saturated carbocycles. The molecular formula is C28H28F2N4O. The number of nitrogens with zero attached hydrogens (tertiary/aromatic N) is 4. The molecule has 0 amide bonds. The molecule has 0 spiro atoms. The molecule has 2 heterocycles. The van der Waals surface area contributed by atoms with Crippen molar-refractivity contribution in [3.63, 3.8) is 0 Å². The summed E-state index contributed by atoms with van der Waals surface area (Å²) in [5, 5.41) is 8.83. The van der Waals surface area contributed by atoms with Crippen molar-refractivity contribution in [3.05, 3.63) is 70.9 Å². The number of aromatic nitrogens is 4. The van der Waals surface area contributed by atoms with E-state index < -0.39 is 17.0 Å². The molecule has 0 N–H and O–H groups in total. The van der Waals surface area contributed by atoms with E-state index in [1.807, 2.05) is 0 Å². The van der Waals surface area contributed by atoms with Crippen LogP contribution < -0.4 is 0 Å². The largest absolute Gasteiger partial charge is 0.292 e. The monoisotopic (exact) mass is 474 g/mol. The lowest BCUT2D eigenvalue weighted by Crippen LogP contribution is -2.38. The first-order valence-corrected chi connectivity index (χ1v) is 12.3. The van der Waals surface area contributed by atoms with Crippen LogP contribution >= 0.6 is 0 Å². The summed E-state index contributed by atoms with van der Waals surface area (Å²) in [7, 11) is 0. The number of hydrogen-bond acceptors (Lipinski definition) is 5. The Labute approximate surface area is 203 Å². The van der Waals surface area contributed by atoms with Gasteiger partial charge in [0.2, 0.25) is 0 Å². The van der Waals surface area contributed by atoms with Crippen LogP contribution in [0.2, 0.25) is 0 Å². The van der Waals surface area contributed by atoms with Gasteiger partial charge in [-0.15, -0.1) is 5.10 Å². The summed E-state index contributed by atoms with van der Waals surface area (Å²) >= 11 is 0. The predicted octanol–water partition coefficient (Wildman–Crippen LogP) is 6.18. The van der Waals surface area contributed by atoms with Crippen LogP contribution in [0.15, 0.2) is 36.7 Å². The van der Waals surface area contributed by atoms with E-state index in [0.29, 0.717) is 17.5 Å². The molecule has 3 aliphatic carbocycles. The van der Waals surface area contributed by atoms with Crippen molar-refractivity contribution in [1.82, 2.24) is 20.2 Å². The summed E-state index contributed by atoms with van der Waals surface area (Å²) in [5.41, 5.74) is 2.37. The molecule has 1 aromatic carbocycles. The number of benzene rings is 1. The van der Waals surface area contributed by atoms with Gasteiger partial charge in [0.05, 0.1) is 34.3 Å². The molecule has 3 aliphatic rings. The Kier molecular flexibility index (Phi) is 4.77. The normalized spacial score (nSPS) is 24.9. The van der Waals surface area contributed by atoms with Crippen molar-refractivity contribution in [2.75, 3.05) is 0 Å². The molecular weight excluding hydrogens is 446 g/mol. The van der Waals surface area contributed by atoms with Crippen molar-refractivity contribution in [1.29, 1.82) is 0 Å². The van der Waals surface area contributed by atoms with Crippen LogP contribution in [0.3, 0.4) is 0 Å². The Hall–Kier alpha value is -3.09. The molecule has 2 atom stereocenters. The van der Waals surface area contributed by atoms with Crippen molar-refractivity contribution in [2.24, 2.45) is 10.8 Å². The molecule has 0 unspecified atom stereocenters. The van der Waals surface area contributed by atoms with E-state index in [1.54, 1.807) is 18.5 Å². The first-order valence-electron chi connectivity index (χ1n) is 12.3. The Balaban J connectivity index is 1.42. The summed E-state index contributed by atoms with van der Waals surface area (Å²) in [5.74, 6) is -1.16. The van der Waals surface area contributed by atoms with Gasteiger partial charge in [-0.1, -0.05) is 26.8 Å². The van der Waals surface area contributed by atoms with Gasteiger partial charge >= 0.3 is 0 Å². The highest BCUT2D eigenvalue weighted by molar-refractivity contribution is 5.94. The quantitative estimate of drug-likeness (QED) is 0.399. The SMILES string of the molecule is CC1(CCC(=O)c2cncc([C@@]34CC[C@@H](c5cc(-c6c(F)cccc6F)nnc53)C4(C)C)n2)CC1. The molecule has 7 heteroatoms. The van der Waals surface area contributed by atoms with Crippen LogP contribution in [-0.4, -0.2) is 25.9 Å². The summed E-state index contributed by atoms with van der Waals surface area (Å²) in [6.45, 7) is 6.58. The lowest BCUT2D eigenvalue weighted by molar-refractivity contribution is 0.0966. The third kappa shape index (κ3) is 3.20. The lowest BCUT2D eigenvalue weighted by atomic mass is 9.66. The van der Waals surface area contributed by atoms with Crippen molar-refractivity contribution < 1.29 is 13.6 Å². The molecule has 0 radical (unpaired) electrons. The Morgan fingerprint density at radius 2 is 1.80 bits per heavy atom. The number of ketones is 1. The van der Waals surface area contributed by atoms with E-state index in [-0.39, 0.29) is 28.4 Å². The second-order valence-electron chi connectivity index (χ2n) is 11.4. The summed E-state index contributed by atoms with van der Waals surface area (Å²) in [4.78, 5) is 22.2. The van der Waals surface area contributed by atoms with Crippen molar-refractivity contribution in [2.45, 2.75) is 70.6 Å². The van der Waals surface area contributed by atoms with Gasteiger partial charge in [0, 0.05) is 12.6 Å². The maximum atomic E-state index is 14.5. The summed E-state index contributed by atoms with van der Waals surface area (Å²) in [6, 6.07) is 5.59. The highest BCUT2D eigenvalue weighted by atomic mass is 19.1. The van der Waals surface area contributed by atoms with Crippen molar-refractivity contribution in [3.8, 4) is 11.3 Å². The minimum Gasteiger partial charge on any atom is -0.292 e. The molecule has 2 fully saturated rings. The fraction of sp³-hybridized carbons (Fsp3) is 0.464. The second-order valence-corrected chi connectivity index (χ2v) is 11.4. The lowest BCUT2D eigenvalue weighted by Gasteiger charge is -2.37. The number of halogens is 2. The minimum absolute atomic E-state index is 0.0194. The number of fused-ring (bicyclic) bond motifs is 5. The van der Waals surface area contributed by atoms with Crippen molar-refractivity contribution >= 4 is 5.78 Å². The first kappa shape index (κ1) is 22.4. The van der Waals surface area contributed by atoms with Gasteiger partial charge in [0.15, 0.2) is 5.78 Å². The van der Waals surface area contributed by atoms with Crippen LogP contribution in [0, 0.1) is 22.5 Å². The molecule has 180 valence electrons. The molecule has 6 rings (SSSR count). The zero-order valence-electron chi connectivity index (χ0n) is 20.2. The van der Waals surface area contributed by atoms with Crippen LogP contribution in [0.25, 0.3) is 11.3 Å². The van der Waals surface area contributed by atoms with Crippen LogP contribution in [0.5, 0.6) is 0 Å². The highest BCUT2D eigenvalue weighted by Gasteiger charge is 2.65. The van der Waals surface area contributed by atoms with Crippen LogP contribution in [-0.2, 0) is 5.41 Å². The Bertz CT molecular complexity index is 1350. The molecule has 35 heavy (non-hydrogen) atoms. The van der Waals surface area contributed by atoms with Gasteiger partial charge < -0.3 is 0 Å². The number of Topliss-reactive ketones (excluding diaryl/α,β-unsaturated/α-hetero) is 1. The van der Waals surface area contributed by atoms with E-state index in [4.69, 9.17) is 4.98 Å². The summed E-state index contributed by atoms with van der Waals surface area (Å²) in [6.07, 6.45) is 8.71. The smallest absolute Gasteiger partial charge is 0.182 e. The third-order valence-electron chi connectivity index (χ3n) is 9.02. The number of carbonyl (C=O) groups is 1. The second kappa shape index (κ2) is 7.45. The minimum atomic E-state index is -0.659. The predicted molar refractivity (Wildman–Crippen MR) is 127 cm³/mol. The van der Waals surface area contributed by atoms with E-state index in [9.17, 15) is 13.6 Å². The molecule has 2 aromatic heterocycles. The molecule has 0 aliphatic heterocycles. The zero-order chi connectivity index (χ0) is 24.6. The number of rotatable bonds is 6. The Morgan fingerprint density at radius 3 is 2.51 bits per heavy atom. The van der Waals surface area contributed by atoms with E-state index in [1.165, 1.54) is 31.0 Å². The van der Waals surface area contributed by atoms with Gasteiger partial charge in [0.1, 0.15) is 17.3 Å². The zero-order valence-corrected chi connectivity index (χ0v) is 20.2. The standard InChI is InChI=1S/C28H28F2N4O/c1-26(2)17-7-10-28(26,23-15-31-14-21(32-23)22(35)8-9-27(3)11-12-27)25-16(17)13-20(33-34-25)24-18(29)5-4-6-19(24)30/h4-6,13-15,17H,7-12H2,1-3H3/t17-,28-/m0/s1. The van der Waals surface area contributed by atoms with E-state index in [0.717, 1.165) is 36.2 Å². The molecule has 0 saturated heterocycles. The molecule has 2 bridgehead atoms. The van der Waals surface area contributed by atoms with Crippen LogP contribution in [0.1, 0.15) is 92.7 Å². The topological polar surface area (TPSA) is 68.6 Å². The Morgan fingerprint density at radius 1 is 1.06 bits per heavy atom. The van der Waals surface area contributed by atoms with Gasteiger partial charge in [-0.2, -0.15) is 5.10 Å². The van der Waals surface area contributed by atoms with Gasteiger partial charge in [0.25, 0.3) is 0 Å². The fourth-order valence-corrected chi connectivity index (χ4v) is 6.47. The van der Waals surface area contributed by atoms with Gasteiger partial charge in [-0.3, -0.25) is 9.78 Å². The van der Waals surface area contributed by atoms with Gasteiger partial charge in [-0.25, -0.2) is 13.8 Å². The van der Waals surface area contributed by atoms with E-state index in [2.05, 4.69) is 36.0 Å². The third-order valence-corrected chi connectivity index (χ3v) is 9.02. The summed E-state index contributed by atoms with van der Waals surface area (Å²) < 4.78 is 28.9. The van der Waals surface area contributed by atoms with Crippen LogP contribution in [0.4, 0.5) is 8.78 Å². The van der Waals surface area contributed by atoms with Gasteiger partial charge in [-0.05, 0) is 72.6 Å². The molecule has 5 nitrogen and oxygen atoms in total. The van der Waals surface area contributed by atoms with E-state index >= 15 is 0 Å². The average molecular weight is 475 g/mol. The molecule has 3 aromatic rings. The maximum Gasteiger partial charge on any atom is 0.182 e. The number of hydrogen-bond donors (Lipinski definition) is 0. The fourth-order valence-electron chi connectivity index (χ4n) is 6.47. The average Bonchev–Trinajstić information content (AvgIpc) is 3.47. The number of carbonyl (C=O) groups excluding carboxylic acids is 1. The first-order chi connectivity index (χ1) is 16.7.